The molecule has 3 aromatic heterocycles. The van der Waals surface area contributed by atoms with Gasteiger partial charge >= 0.3 is 23.9 Å². The monoisotopic (exact) mass is 2000 g/mol. The fraction of sp³-hybridized carbons (Fsp3) is 0.511. The number of unbranched alkanes of at least 4 members (excludes halogenated alkanes) is 1. The summed E-state index contributed by atoms with van der Waals surface area (Å²) >= 11 is 8.57. The van der Waals surface area contributed by atoms with Gasteiger partial charge in [-0.25, -0.2) is 9.78 Å². The molecule has 2 aliphatic rings. The molecule has 2 aliphatic heterocycles. The predicted molar refractivity (Wildman–Crippen MR) is 513 cm³/mol. The lowest BCUT2D eigenvalue weighted by Gasteiger charge is -2.31. The number of aromatic hydroxyl groups is 1. The number of carbonyl (C=O) groups is 20. The number of benzene rings is 3. The first-order valence-corrected chi connectivity index (χ1v) is 47.5. The SMILES string of the molecule is CC(C)C[C@@H](NC(=O)[C@@H](CCC(=O)O)NC(=O)[C@@H](CS)NC(=O)[C@@H](CC(C)C)NC(=O)[C@@H](Cc1c[nH]c2ccccc12)NC(=O)[C@@H](CCC(N)=O)NC(=O)[C@@H](Cc1c[nH]c2ccccc12)NC(=O)[C@@H](CCC(=O)O)NC(=O)[C@H]1CCCN1C(=O)[C@@H](Cc1ccc(O)cc1)NC(=O)[C@@H](CC(=O)O)NC(=O)[C@@H](CS)NC(=O)[C@H]1CCCN1C(=O)[C@H](N)Cc1cnc[nH]1)C(=O)NCC(=O)N[C@H](CCCCN)C(=O)O. The molecule has 141 heavy (non-hydrogen) atoms. The smallest absolute Gasteiger partial charge is 0.326 e. The summed E-state index contributed by atoms with van der Waals surface area (Å²) < 4.78 is 0. The summed E-state index contributed by atoms with van der Waals surface area (Å²) in [5.41, 5.74) is 20.3. The first-order valence-electron chi connectivity index (χ1n) is 46.3. The zero-order valence-corrected chi connectivity index (χ0v) is 80.1. The first-order chi connectivity index (χ1) is 67.0. The molecule has 0 radical (unpaired) electrons. The van der Waals surface area contributed by atoms with Crippen LogP contribution in [-0.4, -0.2) is 302 Å². The van der Waals surface area contributed by atoms with Crippen molar-refractivity contribution < 1.29 is 121 Å². The summed E-state index contributed by atoms with van der Waals surface area (Å²) in [6.07, 6.45) is 1.01. The van der Waals surface area contributed by atoms with Gasteiger partial charge in [0, 0.05) is 116 Å². The van der Waals surface area contributed by atoms with Crippen LogP contribution in [0.2, 0.25) is 0 Å². The quantitative estimate of drug-likeness (QED) is 0.0136. The van der Waals surface area contributed by atoms with Gasteiger partial charge in [0.2, 0.25) is 94.5 Å². The Bertz CT molecular complexity index is 5430. The Hall–Kier alpha value is -14.2. The fourth-order valence-corrected chi connectivity index (χ4v) is 16.9. The van der Waals surface area contributed by atoms with Crippen LogP contribution in [0.25, 0.3) is 21.8 Å². The molecule has 5 heterocycles. The van der Waals surface area contributed by atoms with Crippen molar-refractivity contribution in [3.05, 3.63) is 120 Å². The highest BCUT2D eigenvalue weighted by Crippen LogP contribution is 2.27. The third-order valence-electron chi connectivity index (χ3n) is 23.6. The molecule has 0 spiro atoms. The number of nitrogens with one attached hydrogen (secondary N) is 16. The summed E-state index contributed by atoms with van der Waals surface area (Å²) in [5.74, 6) is -23.8. The van der Waals surface area contributed by atoms with E-state index in [-0.39, 0.29) is 82.7 Å². The van der Waals surface area contributed by atoms with E-state index in [9.17, 15) is 97.5 Å². The van der Waals surface area contributed by atoms with E-state index < -0.39 is 291 Å². The minimum atomic E-state index is -1.98. The number of amides is 16. The number of H-pyrrole nitrogens is 3. The number of aromatic nitrogens is 4. The average molecular weight is 2000 g/mol. The number of fused-ring (bicyclic) bond motifs is 2. The molecule has 2 saturated heterocycles. The average Bonchev–Trinajstić information content (AvgIpc) is 1.73. The Kier molecular flexibility index (Phi) is 43.7. The van der Waals surface area contributed by atoms with Crippen molar-refractivity contribution >= 4 is 165 Å². The summed E-state index contributed by atoms with van der Waals surface area (Å²) in [4.78, 5) is 294. The summed E-state index contributed by atoms with van der Waals surface area (Å²) in [5, 5.41) is 83.6. The second kappa shape index (κ2) is 54.9. The number of hydrogen-bond donors (Lipinski definition) is 26. The number of para-hydroxylation sites is 2. The number of nitrogens with two attached hydrogens (primary N) is 3. The highest BCUT2D eigenvalue weighted by molar-refractivity contribution is 7.80. The van der Waals surface area contributed by atoms with E-state index in [1.165, 1.54) is 47.9 Å². The van der Waals surface area contributed by atoms with Crippen molar-refractivity contribution in [2.45, 2.75) is 247 Å². The van der Waals surface area contributed by atoms with Gasteiger partial charge in [-0.05, 0) is 136 Å². The number of likely N-dealkylation sites (tertiary alicyclic amines) is 2. The van der Waals surface area contributed by atoms with Crippen LogP contribution in [0.5, 0.6) is 5.75 Å². The van der Waals surface area contributed by atoms with Crippen LogP contribution in [-0.2, 0) is 122 Å². The Balaban J connectivity index is 1.02. The van der Waals surface area contributed by atoms with Crippen LogP contribution in [0.4, 0.5) is 0 Å². The molecule has 8 rings (SSSR count). The second-order valence-electron chi connectivity index (χ2n) is 35.5. The van der Waals surface area contributed by atoms with Crippen LogP contribution in [0.1, 0.15) is 153 Å². The molecule has 16 amide bonds. The number of imidazole rings is 1. The van der Waals surface area contributed by atoms with E-state index >= 15 is 24.0 Å². The van der Waals surface area contributed by atoms with Crippen LogP contribution in [0.15, 0.2) is 97.7 Å². The van der Waals surface area contributed by atoms with Crippen LogP contribution in [0.3, 0.4) is 0 Å². The number of primary amides is 1. The van der Waals surface area contributed by atoms with Crippen LogP contribution >= 0.6 is 25.3 Å². The van der Waals surface area contributed by atoms with Gasteiger partial charge in [-0.3, -0.25) is 91.1 Å². The molecule has 0 unspecified atom stereocenters. The third-order valence-corrected chi connectivity index (χ3v) is 24.4. The molecule has 0 aliphatic carbocycles. The number of rotatable bonds is 58. The highest BCUT2D eigenvalue weighted by atomic mass is 32.1. The van der Waals surface area contributed by atoms with Gasteiger partial charge in [-0.1, -0.05) is 76.2 Å². The van der Waals surface area contributed by atoms with Gasteiger partial charge in [-0.2, -0.15) is 25.3 Å². The molecule has 3 aromatic carbocycles. The molecule has 27 N–H and O–H groups in total. The number of carboxylic acid groups (broad SMARTS) is 4. The molecule has 6 aromatic rings. The maximum absolute atomic E-state index is 15.4. The Labute approximate surface area is 820 Å². The maximum atomic E-state index is 15.4. The lowest BCUT2D eigenvalue weighted by Crippen LogP contribution is -2.61. The molecule has 47 nitrogen and oxygen atoms in total. The fourth-order valence-electron chi connectivity index (χ4n) is 16.3. The molecule has 0 saturated carbocycles. The standard InChI is InChI=1S/C92H126N22O25S2/c1-47(2)33-63(78(124)99-43-74(117)101-62(92(138)139)17-9-10-30-93)105-80(126)60(25-28-75(118)119)103-86(132)69(44-140)111-82(128)64(34-48(3)4)106-84(130)66(37-51-41-98-58-16-8-6-14-55(51)58)108-79(125)59(24-27-73(95)116)102-83(129)65(36-50-40-97-57-15-7-5-13-54(50)57)107-81(127)61(26-29-76(120)121)104-88(134)72-19-12-32-114(72)91(137)68(35-49-20-22-53(115)23-21-49)110-85(131)67(39-77(122)123)109-87(133)70(45-141)112-89(135)71-18-11-31-113(71)90(136)56(94)38-52-42-96-46-100-52/h5-8,13-16,20-23,40-42,46-48,56,59-72,97-98,115,140-141H,9-12,17-19,24-39,43-45,93-94H2,1-4H3,(H2,95,116)(H,96,100)(H,99,124)(H,101,117)(H,102,129)(H,103,132)(H,104,134)(H,105,126)(H,106,130)(H,107,127)(H,108,125)(H,109,133)(H,110,131)(H,111,128)(H,112,135)(H,118,119)(H,120,121)(H,122,123)(H,138,139)/t56-,59-,60-,61-,62-,63-,64-,65-,66-,67-,68-,69-,70-,71-,72-/m1/s1. The van der Waals surface area contributed by atoms with Crippen molar-refractivity contribution in [2.24, 2.45) is 29.0 Å². The first kappa shape index (κ1) is 112. The number of carbonyl (C=O) groups excluding carboxylic acids is 16. The van der Waals surface area contributed by atoms with Gasteiger partial charge in [0.15, 0.2) is 0 Å². The number of hydrogen-bond acceptors (Lipinski definition) is 26. The molecular weight excluding hydrogens is 1880 g/mol. The topological polar surface area (TPSA) is 744 Å². The number of thiol groups is 2. The number of phenolic OH excluding ortho intramolecular Hbond substituents is 1. The van der Waals surface area contributed by atoms with E-state index in [1.54, 1.807) is 82.4 Å². The molecule has 2 fully saturated rings. The molecule has 49 heteroatoms. The Morgan fingerprint density at radius 1 is 0.447 bits per heavy atom. The summed E-state index contributed by atoms with van der Waals surface area (Å²) in [6, 6.07) is -4.84. The number of nitrogens with zero attached hydrogens (tertiary/aromatic N) is 3. The van der Waals surface area contributed by atoms with Crippen molar-refractivity contribution in [1.82, 2.24) is 98.9 Å². The minimum absolute atomic E-state index is 0.0456. The summed E-state index contributed by atoms with van der Waals surface area (Å²) in [6.45, 7) is 6.31. The zero-order valence-electron chi connectivity index (χ0n) is 78.3. The zero-order chi connectivity index (χ0) is 103. The largest absolute Gasteiger partial charge is 0.508 e. The maximum Gasteiger partial charge on any atom is 0.326 e. The van der Waals surface area contributed by atoms with E-state index in [4.69, 9.17) is 17.2 Å². The second-order valence-corrected chi connectivity index (χ2v) is 36.2. The highest BCUT2D eigenvalue weighted by Gasteiger charge is 2.44. The van der Waals surface area contributed by atoms with E-state index in [1.807, 2.05) is 0 Å². The van der Waals surface area contributed by atoms with Gasteiger partial charge in [-0.15, -0.1) is 0 Å². The Morgan fingerprint density at radius 3 is 1.33 bits per heavy atom. The molecule has 0 bridgehead atoms. The number of aromatic amines is 3. The lowest BCUT2D eigenvalue weighted by atomic mass is 9.99. The number of phenols is 1. The molecule has 766 valence electrons. The predicted octanol–water partition coefficient (Wildman–Crippen LogP) is -2.77. The van der Waals surface area contributed by atoms with Crippen molar-refractivity contribution in [3.8, 4) is 5.75 Å². The normalized spacial score (nSPS) is 16.2. The summed E-state index contributed by atoms with van der Waals surface area (Å²) in [7, 11) is 0. The molecule has 15 atom stereocenters. The number of aliphatic carboxylic acids is 4. The Morgan fingerprint density at radius 2 is 0.865 bits per heavy atom. The van der Waals surface area contributed by atoms with Gasteiger partial charge in [0.1, 0.15) is 90.3 Å². The van der Waals surface area contributed by atoms with Crippen molar-refractivity contribution in [1.29, 1.82) is 0 Å². The third kappa shape index (κ3) is 34.7. The van der Waals surface area contributed by atoms with Gasteiger partial charge in [0.25, 0.3) is 0 Å². The minimum Gasteiger partial charge on any atom is -0.508 e. The molecular formula is C92H126N22O25S2. The van der Waals surface area contributed by atoms with E-state index in [0.29, 0.717) is 63.5 Å². The van der Waals surface area contributed by atoms with E-state index in [0.717, 1.165) is 4.90 Å². The van der Waals surface area contributed by atoms with Gasteiger partial charge < -0.3 is 137 Å². The van der Waals surface area contributed by atoms with Crippen LogP contribution in [0, 0.1) is 11.8 Å². The number of carboxylic acids is 4. The van der Waals surface area contributed by atoms with Crippen molar-refractivity contribution in [2.75, 3.05) is 37.7 Å². The van der Waals surface area contributed by atoms with Gasteiger partial charge in [0.05, 0.1) is 25.3 Å². The van der Waals surface area contributed by atoms with Crippen molar-refractivity contribution in [3.63, 3.8) is 0 Å². The van der Waals surface area contributed by atoms with Crippen LogP contribution < -0.4 is 86.3 Å². The lowest BCUT2D eigenvalue weighted by molar-refractivity contribution is -0.144. The van der Waals surface area contributed by atoms with E-state index in [2.05, 4.69) is 114 Å².